The van der Waals surface area contributed by atoms with Crippen molar-refractivity contribution in [2.45, 2.75) is 33.3 Å². The van der Waals surface area contributed by atoms with E-state index in [9.17, 15) is 0 Å². The quantitative estimate of drug-likeness (QED) is 0.605. The molecule has 0 N–H and O–H groups in total. The third-order valence-corrected chi connectivity index (χ3v) is 2.05. The molecule has 2 heteroatoms. The first-order valence-corrected chi connectivity index (χ1v) is 4.58. The standard InChI is InChI=1S/C10H18O2/c1-4-9(5-8(2)3)10-6-11-7-12-10/h4,8,10H,5-7H2,1-3H3. The van der Waals surface area contributed by atoms with Crippen LogP contribution in [0.2, 0.25) is 0 Å². The lowest BCUT2D eigenvalue weighted by atomic mass is 9.99. The summed E-state index contributed by atoms with van der Waals surface area (Å²) >= 11 is 0. The third-order valence-electron chi connectivity index (χ3n) is 2.05. The van der Waals surface area contributed by atoms with Crippen LogP contribution in [0.25, 0.3) is 0 Å². The molecule has 70 valence electrons. The van der Waals surface area contributed by atoms with Crippen molar-refractivity contribution in [3.63, 3.8) is 0 Å². The second-order valence-electron chi connectivity index (χ2n) is 3.61. The monoisotopic (exact) mass is 170 g/mol. The second kappa shape index (κ2) is 4.63. The molecule has 0 saturated carbocycles. The molecule has 1 heterocycles. The topological polar surface area (TPSA) is 18.5 Å². The fraction of sp³-hybridized carbons (Fsp3) is 0.800. The van der Waals surface area contributed by atoms with Crippen LogP contribution in [0.5, 0.6) is 0 Å². The molecule has 12 heavy (non-hydrogen) atoms. The van der Waals surface area contributed by atoms with Crippen LogP contribution >= 0.6 is 0 Å². The van der Waals surface area contributed by atoms with Crippen LogP contribution in [0.3, 0.4) is 0 Å². The third kappa shape index (κ3) is 2.61. The van der Waals surface area contributed by atoms with Gasteiger partial charge in [-0.25, -0.2) is 0 Å². The smallest absolute Gasteiger partial charge is 0.147 e. The van der Waals surface area contributed by atoms with Crippen LogP contribution in [-0.2, 0) is 9.47 Å². The molecule has 0 amide bonds. The zero-order valence-corrected chi connectivity index (χ0v) is 8.17. The summed E-state index contributed by atoms with van der Waals surface area (Å²) in [6.07, 6.45) is 3.49. The van der Waals surface area contributed by atoms with Gasteiger partial charge >= 0.3 is 0 Å². The van der Waals surface area contributed by atoms with Crippen LogP contribution in [0.4, 0.5) is 0 Å². The highest BCUT2D eigenvalue weighted by Gasteiger charge is 2.20. The van der Waals surface area contributed by atoms with Gasteiger partial charge in [0.05, 0.1) is 6.61 Å². The van der Waals surface area contributed by atoms with Gasteiger partial charge in [0.25, 0.3) is 0 Å². The number of rotatable bonds is 3. The Bertz CT molecular complexity index is 155. The largest absolute Gasteiger partial charge is 0.352 e. The molecule has 0 aromatic heterocycles. The highest BCUT2D eigenvalue weighted by molar-refractivity contribution is 5.08. The first kappa shape index (κ1) is 9.75. The summed E-state index contributed by atoms with van der Waals surface area (Å²) in [7, 11) is 0. The molecule has 1 aliphatic heterocycles. The molecule has 2 nitrogen and oxygen atoms in total. The van der Waals surface area contributed by atoms with Crippen molar-refractivity contribution in [2.75, 3.05) is 13.4 Å². The lowest BCUT2D eigenvalue weighted by Crippen LogP contribution is -2.14. The van der Waals surface area contributed by atoms with Gasteiger partial charge in [0.1, 0.15) is 12.9 Å². The highest BCUT2D eigenvalue weighted by atomic mass is 16.7. The minimum atomic E-state index is 0.220. The SMILES string of the molecule is CC=C(CC(C)C)C1COCO1. The average Bonchev–Trinajstić information content (AvgIpc) is 2.51. The van der Waals surface area contributed by atoms with Crippen LogP contribution in [0.15, 0.2) is 11.6 Å². The Labute approximate surface area is 74.6 Å². The van der Waals surface area contributed by atoms with E-state index in [4.69, 9.17) is 9.47 Å². The maximum absolute atomic E-state index is 5.42. The van der Waals surface area contributed by atoms with Crippen molar-refractivity contribution in [2.24, 2.45) is 5.92 Å². The molecule has 0 bridgehead atoms. The first-order valence-electron chi connectivity index (χ1n) is 4.58. The van der Waals surface area contributed by atoms with Gasteiger partial charge in [-0.2, -0.15) is 0 Å². The van der Waals surface area contributed by atoms with Gasteiger partial charge < -0.3 is 9.47 Å². The fourth-order valence-electron chi connectivity index (χ4n) is 1.45. The summed E-state index contributed by atoms with van der Waals surface area (Å²) < 4.78 is 10.6. The summed E-state index contributed by atoms with van der Waals surface area (Å²) in [4.78, 5) is 0. The van der Waals surface area contributed by atoms with Gasteiger partial charge in [-0.1, -0.05) is 19.9 Å². The Morgan fingerprint density at radius 3 is 2.75 bits per heavy atom. The number of hydrogen-bond acceptors (Lipinski definition) is 2. The average molecular weight is 170 g/mol. The van der Waals surface area contributed by atoms with E-state index in [2.05, 4.69) is 26.8 Å². The number of allylic oxidation sites excluding steroid dienone is 1. The van der Waals surface area contributed by atoms with E-state index in [-0.39, 0.29) is 6.10 Å². The zero-order valence-electron chi connectivity index (χ0n) is 8.17. The normalized spacial score (nSPS) is 25.3. The van der Waals surface area contributed by atoms with E-state index < -0.39 is 0 Å². The molecular weight excluding hydrogens is 152 g/mol. The maximum atomic E-state index is 5.42. The van der Waals surface area contributed by atoms with Crippen molar-refractivity contribution in [3.05, 3.63) is 11.6 Å². The predicted molar refractivity (Wildman–Crippen MR) is 48.9 cm³/mol. The van der Waals surface area contributed by atoms with Crippen LogP contribution in [0.1, 0.15) is 27.2 Å². The highest BCUT2D eigenvalue weighted by Crippen LogP contribution is 2.20. The van der Waals surface area contributed by atoms with E-state index >= 15 is 0 Å². The predicted octanol–water partition coefficient (Wildman–Crippen LogP) is 2.35. The van der Waals surface area contributed by atoms with E-state index in [1.165, 1.54) is 5.57 Å². The molecular formula is C10H18O2. The van der Waals surface area contributed by atoms with Gasteiger partial charge in [0.15, 0.2) is 0 Å². The summed E-state index contributed by atoms with van der Waals surface area (Å²) in [6.45, 7) is 7.70. The Morgan fingerprint density at radius 1 is 1.58 bits per heavy atom. The molecule has 0 spiro atoms. The molecule has 0 radical (unpaired) electrons. The zero-order chi connectivity index (χ0) is 8.97. The summed E-state index contributed by atoms with van der Waals surface area (Å²) in [6, 6.07) is 0. The van der Waals surface area contributed by atoms with Gasteiger partial charge in [-0.05, 0) is 24.8 Å². The minimum absolute atomic E-state index is 0.220. The van der Waals surface area contributed by atoms with Crippen LogP contribution in [-0.4, -0.2) is 19.5 Å². The van der Waals surface area contributed by atoms with E-state index in [1.54, 1.807) is 0 Å². The summed E-state index contributed by atoms with van der Waals surface area (Å²) in [5, 5.41) is 0. The van der Waals surface area contributed by atoms with Crippen LogP contribution < -0.4 is 0 Å². The Balaban J connectivity index is 2.44. The van der Waals surface area contributed by atoms with Gasteiger partial charge in [0.2, 0.25) is 0 Å². The Hall–Kier alpha value is -0.340. The van der Waals surface area contributed by atoms with E-state index in [1.807, 2.05) is 0 Å². The molecule has 0 aromatic carbocycles. The molecule has 1 rings (SSSR count). The van der Waals surface area contributed by atoms with E-state index in [0.717, 1.165) is 13.0 Å². The van der Waals surface area contributed by atoms with Crippen molar-refractivity contribution in [1.82, 2.24) is 0 Å². The second-order valence-corrected chi connectivity index (χ2v) is 3.61. The molecule has 1 unspecified atom stereocenters. The molecule has 0 aromatic rings. The molecule has 1 saturated heterocycles. The molecule has 1 aliphatic rings. The van der Waals surface area contributed by atoms with Crippen molar-refractivity contribution >= 4 is 0 Å². The lowest BCUT2D eigenvalue weighted by Gasteiger charge is -2.14. The van der Waals surface area contributed by atoms with Crippen molar-refractivity contribution in [1.29, 1.82) is 0 Å². The minimum Gasteiger partial charge on any atom is -0.352 e. The molecule has 0 aliphatic carbocycles. The lowest BCUT2D eigenvalue weighted by molar-refractivity contribution is 0.0539. The molecule has 1 atom stereocenters. The van der Waals surface area contributed by atoms with Crippen molar-refractivity contribution < 1.29 is 9.47 Å². The number of ether oxygens (including phenoxy) is 2. The van der Waals surface area contributed by atoms with Gasteiger partial charge in [0, 0.05) is 0 Å². The Morgan fingerprint density at radius 2 is 2.33 bits per heavy atom. The van der Waals surface area contributed by atoms with Crippen LogP contribution in [0, 0.1) is 5.92 Å². The number of hydrogen-bond donors (Lipinski definition) is 0. The van der Waals surface area contributed by atoms with Gasteiger partial charge in [-0.15, -0.1) is 0 Å². The van der Waals surface area contributed by atoms with Crippen molar-refractivity contribution in [3.8, 4) is 0 Å². The molecule has 1 fully saturated rings. The first-order chi connectivity index (χ1) is 5.74. The summed E-state index contributed by atoms with van der Waals surface area (Å²) in [5.41, 5.74) is 1.38. The van der Waals surface area contributed by atoms with E-state index in [0.29, 0.717) is 12.7 Å². The summed E-state index contributed by atoms with van der Waals surface area (Å²) in [5.74, 6) is 0.695. The fourth-order valence-corrected chi connectivity index (χ4v) is 1.45. The maximum Gasteiger partial charge on any atom is 0.147 e. The van der Waals surface area contributed by atoms with Gasteiger partial charge in [-0.3, -0.25) is 0 Å². The Kier molecular flexibility index (Phi) is 3.76.